The van der Waals surface area contributed by atoms with Crippen molar-refractivity contribution in [3.8, 4) is 11.4 Å². The minimum atomic E-state index is -0.205. The largest absolute Gasteiger partial charge is 0.355 e. The van der Waals surface area contributed by atoms with E-state index >= 15 is 0 Å². The number of unbranched alkanes of at least 4 members (excludes halogenated alkanes) is 1. The van der Waals surface area contributed by atoms with Crippen LogP contribution in [0.25, 0.3) is 11.4 Å². The molecule has 0 spiro atoms. The van der Waals surface area contributed by atoms with E-state index in [0.717, 1.165) is 12.8 Å². The third-order valence-corrected chi connectivity index (χ3v) is 4.11. The first-order valence-corrected chi connectivity index (χ1v) is 8.42. The predicted octanol–water partition coefficient (Wildman–Crippen LogP) is 3.10. The Kier molecular flexibility index (Phi) is 6.15. The zero-order chi connectivity index (χ0) is 17.7. The molecule has 0 atom stereocenters. The van der Waals surface area contributed by atoms with E-state index in [1.807, 2.05) is 6.07 Å². The van der Waals surface area contributed by atoms with Crippen LogP contribution < -0.4 is 10.9 Å². The average Bonchev–Trinajstić information content (AvgIpc) is 2.55. The molecule has 0 bridgehead atoms. The molecule has 2 rings (SSSR count). The molecule has 0 saturated heterocycles. The summed E-state index contributed by atoms with van der Waals surface area (Å²) in [6, 6.07) is 7.12. The summed E-state index contributed by atoms with van der Waals surface area (Å²) in [5.74, 6) is 0.259. The molecule has 1 amide bonds. The van der Waals surface area contributed by atoms with Gasteiger partial charge in [0, 0.05) is 28.4 Å². The van der Waals surface area contributed by atoms with Crippen molar-refractivity contribution in [1.29, 1.82) is 0 Å². The topological polar surface area (TPSA) is 64.0 Å². The van der Waals surface area contributed by atoms with Gasteiger partial charge >= 0.3 is 0 Å². The Morgan fingerprint density at radius 2 is 2.08 bits per heavy atom. The van der Waals surface area contributed by atoms with Crippen LogP contribution >= 0.6 is 11.6 Å². The maximum atomic E-state index is 12.6. The Bertz CT molecular complexity index is 799. The summed E-state index contributed by atoms with van der Waals surface area (Å²) in [4.78, 5) is 29.3. The SMILES string of the molecule is CCCCNC(=O)Cn1c(-c2cccc(Cl)c2)nc(C)c(C)c1=O. The average molecular weight is 348 g/mol. The Balaban J connectivity index is 2.43. The lowest BCUT2D eigenvalue weighted by molar-refractivity contribution is -0.121. The minimum Gasteiger partial charge on any atom is -0.355 e. The second-order valence-corrected chi connectivity index (χ2v) is 6.19. The van der Waals surface area contributed by atoms with Gasteiger partial charge in [0.2, 0.25) is 5.91 Å². The number of hydrogen-bond donors (Lipinski definition) is 1. The van der Waals surface area contributed by atoms with Crippen molar-refractivity contribution in [1.82, 2.24) is 14.9 Å². The van der Waals surface area contributed by atoms with Gasteiger partial charge in [-0.2, -0.15) is 0 Å². The van der Waals surface area contributed by atoms with Crippen molar-refractivity contribution >= 4 is 17.5 Å². The maximum absolute atomic E-state index is 12.6. The quantitative estimate of drug-likeness (QED) is 0.817. The van der Waals surface area contributed by atoms with E-state index in [2.05, 4.69) is 17.2 Å². The molecule has 0 saturated carbocycles. The van der Waals surface area contributed by atoms with Gasteiger partial charge in [-0.25, -0.2) is 4.98 Å². The van der Waals surface area contributed by atoms with Gasteiger partial charge in [-0.1, -0.05) is 37.1 Å². The molecule has 0 radical (unpaired) electrons. The zero-order valence-electron chi connectivity index (χ0n) is 14.2. The Hall–Kier alpha value is -2.14. The molecule has 0 fully saturated rings. The van der Waals surface area contributed by atoms with Gasteiger partial charge in [0.05, 0.1) is 0 Å². The lowest BCUT2D eigenvalue weighted by atomic mass is 10.1. The number of benzene rings is 1. The molecule has 128 valence electrons. The van der Waals surface area contributed by atoms with Gasteiger partial charge in [0.15, 0.2) is 0 Å². The van der Waals surface area contributed by atoms with Gasteiger partial charge in [0.25, 0.3) is 5.56 Å². The number of carbonyl (C=O) groups is 1. The fourth-order valence-corrected chi connectivity index (χ4v) is 2.55. The molecule has 6 heteroatoms. The van der Waals surface area contributed by atoms with Crippen LogP contribution in [0.5, 0.6) is 0 Å². The lowest BCUT2D eigenvalue weighted by Crippen LogP contribution is -2.35. The first-order chi connectivity index (χ1) is 11.4. The first-order valence-electron chi connectivity index (χ1n) is 8.04. The Morgan fingerprint density at radius 3 is 2.75 bits per heavy atom. The number of aromatic nitrogens is 2. The van der Waals surface area contributed by atoms with Crippen molar-refractivity contribution in [3.63, 3.8) is 0 Å². The van der Waals surface area contributed by atoms with Crippen LogP contribution in [-0.2, 0) is 11.3 Å². The molecule has 1 aromatic carbocycles. The Morgan fingerprint density at radius 1 is 1.33 bits per heavy atom. The van der Waals surface area contributed by atoms with Gasteiger partial charge < -0.3 is 5.32 Å². The summed E-state index contributed by atoms with van der Waals surface area (Å²) in [6.07, 6.45) is 1.91. The first kappa shape index (κ1) is 18.2. The van der Waals surface area contributed by atoms with Gasteiger partial charge in [-0.05, 0) is 32.4 Å². The van der Waals surface area contributed by atoms with E-state index < -0.39 is 0 Å². The fraction of sp³-hybridized carbons (Fsp3) is 0.389. The molecule has 5 nitrogen and oxygen atoms in total. The molecular weight excluding hydrogens is 326 g/mol. The number of carbonyl (C=O) groups excluding carboxylic acids is 1. The molecular formula is C18H22ClN3O2. The molecule has 0 aliphatic rings. The molecule has 1 N–H and O–H groups in total. The zero-order valence-corrected chi connectivity index (χ0v) is 15.0. The monoisotopic (exact) mass is 347 g/mol. The van der Waals surface area contributed by atoms with E-state index in [0.29, 0.717) is 34.2 Å². The van der Waals surface area contributed by atoms with Crippen LogP contribution in [0.15, 0.2) is 29.1 Å². The number of rotatable bonds is 6. The highest BCUT2D eigenvalue weighted by molar-refractivity contribution is 6.30. The second kappa shape index (κ2) is 8.11. The summed E-state index contributed by atoms with van der Waals surface area (Å²) in [6.45, 7) is 6.11. The Labute approximate surface area is 146 Å². The molecule has 24 heavy (non-hydrogen) atoms. The van der Waals surface area contributed by atoms with Crippen molar-refractivity contribution < 1.29 is 4.79 Å². The third-order valence-electron chi connectivity index (χ3n) is 3.87. The van der Waals surface area contributed by atoms with Crippen molar-refractivity contribution in [2.75, 3.05) is 6.54 Å². The van der Waals surface area contributed by atoms with Gasteiger partial charge in [-0.15, -0.1) is 0 Å². The predicted molar refractivity (Wildman–Crippen MR) is 96.3 cm³/mol. The summed E-state index contributed by atoms with van der Waals surface area (Å²) >= 11 is 6.05. The van der Waals surface area contributed by atoms with Crippen molar-refractivity contribution in [2.45, 2.75) is 40.2 Å². The fourth-order valence-electron chi connectivity index (χ4n) is 2.36. The van der Waals surface area contributed by atoms with Crippen LogP contribution in [0, 0.1) is 13.8 Å². The smallest absolute Gasteiger partial charge is 0.257 e. The van der Waals surface area contributed by atoms with E-state index in [9.17, 15) is 9.59 Å². The van der Waals surface area contributed by atoms with Gasteiger partial charge in [0.1, 0.15) is 12.4 Å². The minimum absolute atomic E-state index is 0.0570. The molecule has 2 aromatic rings. The third kappa shape index (κ3) is 4.23. The molecule has 1 heterocycles. The number of nitrogens with one attached hydrogen (secondary N) is 1. The second-order valence-electron chi connectivity index (χ2n) is 5.75. The van der Waals surface area contributed by atoms with Crippen LogP contribution in [0.4, 0.5) is 0 Å². The molecule has 1 aromatic heterocycles. The van der Waals surface area contributed by atoms with E-state index in [1.54, 1.807) is 32.0 Å². The standard InChI is InChI=1S/C18H22ClN3O2/c1-4-5-9-20-16(23)11-22-17(14-7-6-8-15(19)10-14)21-13(3)12(2)18(22)24/h6-8,10H,4-5,9,11H2,1-3H3,(H,20,23). The number of halogens is 1. The molecule has 0 aliphatic heterocycles. The van der Waals surface area contributed by atoms with Crippen LogP contribution in [-0.4, -0.2) is 22.0 Å². The van der Waals surface area contributed by atoms with Crippen LogP contribution in [0.2, 0.25) is 5.02 Å². The van der Waals surface area contributed by atoms with E-state index in [1.165, 1.54) is 4.57 Å². The summed E-state index contributed by atoms with van der Waals surface area (Å²) < 4.78 is 1.41. The highest BCUT2D eigenvalue weighted by atomic mass is 35.5. The highest BCUT2D eigenvalue weighted by Crippen LogP contribution is 2.21. The number of amides is 1. The number of aryl methyl sites for hydroxylation is 1. The normalized spacial score (nSPS) is 10.7. The molecule has 0 unspecified atom stereocenters. The van der Waals surface area contributed by atoms with E-state index in [-0.39, 0.29) is 18.0 Å². The van der Waals surface area contributed by atoms with E-state index in [4.69, 9.17) is 11.6 Å². The van der Waals surface area contributed by atoms with Crippen molar-refractivity contribution in [3.05, 3.63) is 50.9 Å². The lowest BCUT2D eigenvalue weighted by Gasteiger charge is -2.15. The van der Waals surface area contributed by atoms with Gasteiger partial charge in [-0.3, -0.25) is 14.2 Å². The summed E-state index contributed by atoms with van der Waals surface area (Å²) in [5.41, 5.74) is 1.70. The summed E-state index contributed by atoms with van der Waals surface area (Å²) in [5, 5.41) is 3.39. The number of hydrogen-bond acceptors (Lipinski definition) is 3. The number of nitrogens with zero attached hydrogens (tertiary/aromatic N) is 2. The van der Waals surface area contributed by atoms with Crippen LogP contribution in [0.3, 0.4) is 0 Å². The molecule has 0 aliphatic carbocycles. The highest BCUT2D eigenvalue weighted by Gasteiger charge is 2.15. The van der Waals surface area contributed by atoms with Crippen LogP contribution in [0.1, 0.15) is 31.0 Å². The maximum Gasteiger partial charge on any atom is 0.257 e. The summed E-state index contributed by atoms with van der Waals surface area (Å²) in [7, 11) is 0. The van der Waals surface area contributed by atoms with Crippen molar-refractivity contribution in [2.24, 2.45) is 0 Å².